The molecule has 0 saturated carbocycles. The van der Waals surface area contributed by atoms with E-state index in [1.165, 1.54) is 75.5 Å². The molecule has 2 heteroatoms. The van der Waals surface area contributed by atoms with Gasteiger partial charge < -0.3 is 4.90 Å². The molecule has 0 radical (unpaired) electrons. The highest BCUT2D eigenvalue weighted by Gasteiger charge is 2.18. The number of nitrogens with zero attached hydrogens (tertiary/aromatic N) is 1. The molecule has 0 fully saturated rings. The SMILES string of the molecule is c1ccc(-c2ccc(-c3ccccc3N(c3ccc(-c4ccc5sc6ccccc6c5c4)cc3)c3cccc(-c4ccc5ccccc5c4)c3)cc2)cc1. The van der Waals surface area contributed by atoms with Gasteiger partial charge in [0, 0.05) is 37.1 Å². The minimum absolute atomic E-state index is 1.10. The molecule has 254 valence electrons. The molecule has 0 spiro atoms. The zero-order valence-electron chi connectivity index (χ0n) is 29.6. The van der Waals surface area contributed by atoms with Gasteiger partial charge in [-0.25, -0.2) is 0 Å². The van der Waals surface area contributed by atoms with Crippen molar-refractivity contribution in [3.8, 4) is 44.5 Å². The fraction of sp³-hybridized carbons (Fsp3) is 0. The number of anilines is 3. The third kappa shape index (κ3) is 5.93. The summed E-state index contributed by atoms with van der Waals surface area (Å²) in [6.07, 6.45) is 0. The number of para-hydroxylation sites is 1. The summed E-state index contributed by atoms with van der Waals surface area (Å²) in [5, 5.41) is 5.13. The molecule has 10 aromatic rings. The average molecular weight is 706 g/mol. The van der Waals surface area contributed by atoms with Crippen LogP contribution in [-0.4, -0.2) is 0 Å². The van der Waals surface area contributed by atoms with Crippen LogP contribution < -0.4 is 4.90 Å². The Morgan fingerprint density at radius 2 is 0.870 bits per heavy atom. The Labute approximate surface area is 319 Å². The molecule has 0 aliphatic rings. The Morgan fingerprint density at radius 3 is 1.74 bits per heavy atom. The highest BCUT2D eigenvalue weighted by molar-refractivity contribution is 7.25. The van der Waals surface area contributed by atoms with E-state index in [9.17, 15) is 0 Å². The van der Waals surface area contributed by atoms with Crippen molar-refractivity contribution in [1.29, 1.82) is 0 Å². The van der Waals surface area contributed by atoms with E-state index in [1.54, 1.807) is 0 Å². The van der Waals surface area contributed by atoms with E-state index in [1.807, 2.05) is 11.3 Å². The van der Waals surface area contributed by atoms with E-state index in [-0.39, 0.29) is 0 Å². The van der Waals surface area contributed by atoms with Gasteiger partial charge in [-0.3, -0.25) is 0 Å². The molecule has 10 rings (SSSR count). The molecular formula is C52H35NS. The van der Waals surface area contributed by atoms with Gasteiger partial charge in [-0.2, -0.15) is 0 Å². The van der Waals surface area contributed by atoms with E-state index in [0.29, 0.717) is 0 Å². The highest BCUT2D eigenvalue weighted by Crippen LogP contribution is 2.43. The molecule has 0 bridgehead atoms. The number of hydrogen-bond acceptors (Lipinski definition) is 2. The van der Waals surface area contributed by atoms with Gasteiger partial charge in [-0.15, -0.1) is 11.3 Å². The number of rotatable bonds is 7. The minimum Gasteiger partial charge on any atom is -0.310 e. The lowest BCUT2D eigenvalue weighted by molar-refractivity contribution is 1.28. The third-order valence-corrected chi connectivity index (χ3v) is 11.6. The first-order chi connectivity index (χ1) is 26.7. The van der Waals surface area contributed by atoms with E-state index in [4.69, 9.17) is 0 Å². The fourth-order valence-electron chi connectivity index (χ4n) is 7.71. The lowest BCUT2D eigenvalue weighted by Crippen LogP contribution is -2.11. The van der Waals surface area contributed by atoms with Crippen molar-refractivity contribution in [1.82, 2.24) is 0 Å². The van der Waals surface area contributed by atoms with Gasteiger partial charge in [0.2, 0.25) is 0 Å². The van der Waals surface area contributed by atoms with Crippen molar-refractivity contribution in [2.45, 2.75) is 0 Å². The Kier molecular flexibility index (Phi) is 8.09. The molecule has 9 aromatic carbocycles. The molecule has 0 atom stereocenters. The molecule has 0 saturated heterocycles. The fourth-order valence-corrected chi connectivity index (χ4v) is 8.80. The van der Waals surface area contributed by atoms with Crippen LogP contribution in [0, 0.1) is 0 Å². The van der Waals surface area contributed by atoms with Gasteiger partial charge >= 0.3 is 0 Å². The molecule has 1 nitrogen and oxygen atoms in total. The first-order valence-electron chi connectivity index (χ1n) is 18.4. The number of thiophene rings is 1. The van der Waals surface area contributed by atoms with Gasteiger partial charge in [0.05, 0.1) is 5.69 Å². The van der Waals surface area contributed by atoms with Crippen molar-refractivity contribution in [2.75, 3.05) is 4.90 Å². The Hall–Kier alpha value is -6.74. The predicted octanol–water partition coefficient (Wildman–Crippen LogP) is 15.3. The highest BCUT2D eigenvalue weighted by atomic mass is 32.1. The number of benzene rings is 9. The molecule has 0 unspecified atom stereocenters. The van der Waals surface area contributed by atoms with E-state index in [0.717, 1.165) is 17.1 Å². The maximum absolute atomic E-state index is 2.41. The monoisotopic (exact) mass is 705 g/mol. The van der Waals surface area contributed by atoms with Crippen LogP contribution in [0.1, 0.15) is 0 Å². The van der Waals surface area contributed by atoms with E-state index >= 15 is 0 Å². The van der Waals surface area contributed by atoms with Crippen LogP contribution in [0.5, 0.6) is 0 Å². The molecule has 1 aromatic heterocycles. The lowest BCUT2D eigenvalue weighted by atomic mass is 9.97. The standard InChI is InChI=1S/C52H35NS/c1-2-11-36(12-3-1)38-21-24-40(25-22-38)47-17-6-8-19-50(47)53(46-16-10-15-42(34-46)43-26-23-37-13-4-5-14-41(37)33-43)45-30-27-39(28-31-45)44-29-32-52-49(35-44)48-18-7-9-20-51(48)54-52/h1-35H. The van der Waals surface area contributed by atoms with Gasteiger partial charge in [0.25, 0.3) is 0 Å². The lowest BCUT2D eigenvalue weighted by Gasteiger charge is -2.28. The first kappa shape index (κ1) is 32.0. The molecule has 0 amide bonds. The van der Waals surface area contributed by atoms with Gasteiger partial charge in [0.1, 0.15) is 0 Å². The van der Waals surface area contributed by atoms with Crippen LogP contribution in [0.2, 0.25) is 0 Å². The summed E-state index contributed by atoms with van der Waals surface area (Å²) in [4.78, 5) is 2.41. The van der Waals surface area contributed by atoms with E-state index in [2.05, 4.69) is 217 Å². The zero-order chi connectivity index (χ0) is 35.8. The minimum atomic E-state index is 1.10. The Bertz CT molecular complexity index is 2920. The largest absolute Gasteiger partial charge is 0.310 e. The van der Waals surface area contributed by atoms with Crippen LogP contribution in [-0.2, 0) is 0 Å². The van der Waals surface area contributed by atoms with Crippen LogP contribution >= 0.6 is 11.3 Å². The van der Waals surface area contributed by atoms with Crippen LogP contribution in [0.15, 0.2) is 212 Å². The molecule has 0 N–H and O–H groups in total. The van der Waals surface area contributed by atoms with Gasteiger partial charge in [0.15, 0.2) is 0 Å². The van der Waals surface area contributed by atoms with Crippen molar-refractivity contribution in [3.05, 3.63) is 212 Å². The van der Waals surface area contributed by atoms with Crippen LogP contribution in [0.25, 0.3) is 75.5 Å². The topological polar surface area (TPSA) is 3.24 Å². The second kappa shape index (κ2) is 13.7. The summed E-state index contributed by atoms with van der Waals surface area (Å²) in [6.45, 7) is 0. The predicted molar refractivity (Wildman–Crippen MR) is 233 cm³/mol. The maximum Gasteiger partial charge on any atom is 0.0540 e. The van der Waals surface area contributed by atoms with Crippen LogP contribution in [0.3, 0.4) is 0 Å². The quantitative estimate of drug-likeness (QED) is 0.160. The Balaban J connectivity index is 1.09. The first-order valence-corrected chi connectivity index (χ1v) is 19.2. The van der Waals surface area contributed by atoms with Crippen LogP contribution in [0.4, 0.5) is 17.1 Å². The van der Waals surface area contributed by atoms with Crippen molar-refractivity contribution >= 4 is 59.3 Å². The maximum atomic E-state index is 2.41. The Morgan fingerprint density at radius 1 is 0.296 bits per heavy atom. The molecule has 1 heterocycles. The summed E-state index contributed by atoms with van der Waals surface area (Å²) in [5.41, 5.74) is 12.9. The average Bonchev–Trinajstić information content (AvgIpc) is 3.63. The number of hydrogen-bond donors (Lipinski definition) is 0. The summed E-state index contributed by atoms with van der Waals surface area (Å²) < 4.78 is 2.65. The summed E-state index contributed by atoms with van der Waals surface area (Å²) in [7, 11) is 0. The van der Waals surface area contributed by atoms with Gasteiger partial charge in [-0.05, 0) is 104 Å². The number of fused-ring (bicyclic) bond motifs is 4. The molecule has 0 aliphatic carbocycles. The summed E-state index contributed by atoms with van der Waals surface area (Å²) in [5.74, 6) is 0. The van der Waals surface area contributed by atoms with Gasteiger partial charge in [-0.1, -0.05) is 158 Å². The third-order valence-electron chi connectivity index (χ3n) is 10.5. The van der Waals surface area contributed by atoms with Crippen molar-refractivity contribution in [2.24, 2.45) is 0 Å². The van der Waals surface area contributed by atoms with E-state index < -0.39 is 0 Å². The second-order valence-corrected chi connectivity index (χ2v) is 14.8. The molecule has 54 heavy (non-hydrogen) atoms. The summed E-state index contributed by atoms with van der Waals surface area (Å²) >= 11 is 1.86. The summed E-state index contributed by atoms with van der Waals surface area (Å²) in [6, 6.07) is 77.2. The normalized spacial score (nSPS) is 11.3. The molecule has 0 aliphatic heterocycles. The second-order valence-electron chi connectivity index (χ2n) is 13.8. The smallest absolute Gasteiger partial charge is 0.0540 e. The zero-order valence-corrected chi connectivity index (χ0v) is 30.4. The van der Waals surface area contributed by atoms with Crippen molar-refractivity contribution in [3.63, 3.8) is 0 Å². The molecular weight excluding hydrogens is 671 g/mol. The van der Waals surface area contributed by atoms with Crippen molar-refractivity contribution < 1.29 is 0 Å².